The Hall–Kier alpha value is -2.90. The summed E-state index contributed by atoms with van der Waals surface area (Å²) in [5.41, 5.74) is 4.51. The maximum atomic E-state index is 13.6. The lowest BCUT2D eigenvalue weighted by Crippen LogP contribution is -2.51. The minimum absolute atomic E-state index is 0.0664. The van der Waals surface area contributed by atoms with Gasteiger partial charge in [0.1, 0.15) is 0 Å². The molecule has 1 atom stereocenters. The highest BCUT2D eigenvalue weighted by Crippen LogP contribution is 2.41. The van der Waals surface area contributed by atoms with Crippen LogP contribution in [0.15, 0.2) is 36.5 Å². The fourth-order valence-corrected chi connectivity index (χ4v) is 5.52. The predicted molar refractivity (Wildman–Crippen MR) is 137 cm³/mol. The van der Waals surface area contributed by atoms with Crippen molar-refractivity contribution in [2.45, 2.75) is 32.2 Å². The van der Waals surface area contributed by atoms with Crippen LogP contribution in [0.4, 0.5) is 4.79 Å². The van der Waals surface area contributed by atoms with Crippen LogP contribution in [0.25, 0.3) is 10.9 Å². The van der Waals surface area contributed by atoms with E-state index in [0.29, 0.717) is 44.5 Å². The molecule has 186 valence electrons. The number of amides is 2. The van der Waals surface area contributed by atoms with Crippen LogP contribution < -0.4 is 9.47 Å². The number of hydrogen-bond acceptors (Lipinski definition) is 4. The van der Waals surface area contributed by atoms with Crippen molar-refractivity contribution in [1.82, 2.24) is 14.8 Å². The summed E-state index contributed by atoms with van der Waals surface area (Å²) in [6.07, 6.45) is 4.43. The number of morpholine rings is 1. The summed E-state index contributed by atoms with van der Waals surface area (Å²) in [7, 11) is 1.67. The molecule has 3 aromatic rings. The lowest BCUT2D eigenvalue weighted by Gasteiger charge is -2.41. The topological polar surface area (TPSA) is 67.0 Å². The van der Waals surface area contributed by atoms with Gasteiger partial charge in [0.15, 0.2) is 11.5 Å². The van der Waals surface area contributed by atoms with Gasteiger partial charge in [-0.1, -0.05) is 23.7 Å². The molecule has 1 fully saturated rings. The van der Waals surface area contributed by atoms with E-state index in [4.69, 9.17) is 25.8 Å². The molecular formula is C27H32ClN3O4. The van der Waals surface area contributed by atoms with Gasteiger partial charge in [-0.3, -0.25) is 0 Å². The first-order chi connectivity index (χ1) is 17.1. The van der Waals surface area contributed by atoms with E-state index in [1.54, 1.807) is 7.11 Å². The number of benzene rings is 2. The molecule has 35 heavy (non-hydrogen) atoms. The first-order valence-corrected chi connectivity index (χ1v) is 12.7. The van der Waals surface area contributed by atoms with E-state index in [1.165, 1.54) is 11.1 Å². The second-order valence-corrected chi connectivity index (χ2v) is 9.40. The highest BCUT2D eigenvalue weighted by Gasteiger charge is 2.34. The number of aromatic nitrogens is 1. The Morgan fingerprint density at radius 3 is 2.80 bits per heavy atom. The fraction of sp³-hybridized carbons (Fsp3) is 0.444. The van der Waals surface area contributed by atoms with Crippen molar-refractivity contribution in [2.24, 2.45) is 0 Å². The number of carbonyl (C=O) groups is 1. The molecule has 7 nitrogen and oxygen atoms in total. The number of hydrogen-bond donors (Lipinski definition) is 1. The molecule has 1 unspecified atom stereocenters. The number of nitrogens with one attached hydrogen (secondary N) is 1. The number of urea groups is 1. The molecule has 2 aromatic carbocycles. The smallest absolute Gasteiger partial charge is 0.320 e. The summed E-state index contributed by atoms with van der Waals surface area (Å²) in [5, 5.41) is 1.85. The van der Waals surface area contributed by atoms with Gasteiger partial charge in [-0.2, -0.15) is 0 Å². The second-order valence-electron chi connectivity index (χ2n) is 8.99. The number of aryl methyl sites for hydroxylation is 1. The third-order valence-electron chi connectivity index (χ3n) is 7.05. The van der Waals surface area contributed by atoms with Crippen LogP contribution in [0.2, 0.25) is 5.02 Å². The van der Waals surface area contributed by atoms with Crippen molar-refractivity contribution in [3.8, 4) is 11.5 Å². The maximum Gasteiger partial charge on any atom is 0.320 e. The molecule has 5 rings (SSSR count). The van der Waals surface area contributed by atoms with Crippen molar-refractivity contribution in [3.63, 3.8) is 0 Å². The van der Waals surface area contributed by atoms with Crippen LogP contribution >= 0.6 is 11.6 Å². The maximum absolute atomic E-state index is 13.6. The van der Waals surface area contributed by atoms with E-state index in [-0.39, 0.29) is 12.1 Å². The summed E-state index contributed by atoms with van der Waals surface area (Å²) < 4.78 is 17.0. The zero-order valence-electron chi connectivity index (χ0n) is 20.3. The van der Waals surface area contributed by atoms with Gasteiger partial charge >= 0.3 is 6.03 Å². The molecule has 1 N–H and O–H groups in total. The van der Waals surface area contributed by atoms with Crippen LogP contribution in [0.5, 0.6) is 11.5 Å². The van der Waals surface area contributed by atoms with E-state index in [1.807, 2.05) is 35.1 Å². The van der Waals surface area contributed by atoms with E-state index in [0.717, 1.165) is 47.2 Å². The number of fused-ring (bicyclic) bond motifs is 2. The summed E-state index contributed by atoms with van der Waals surface area (Å²) in [6.45, 7) is 5.61. The van der Waals surface area contributed by atoms with Gasteiger partial charge in [-0.15, -0.1) is 0 Å². The third kappa shape index (κ3) is 4.67. The number of para-hydroxylation sites is 1. The van der Waals surface area contributed by atoms with Crippen LogP contribution in [0, 0.1) is 0 Å². The van der Waals surface area contributed by atoms with Gasteiger partial charge in [0.25, 0.3) is 0 Å². The minimum Gasteiger partial charge on any atom is -0.493 e. The number of carbonyl (C=O) groups excluding carboxylic acids is 1. The Balaban J connectivity index is 1.49. The molecule has 0 spiro atoms. The van der Waals surface area contributed by atoms with Crippen molar-refractivity contribution in [2.75, 3.05) is 46.6 Å². The molecule has 1 saturated heterocycles. The van der Waals surface area contributed by atoms with Gasteiger partial charge in [0, 0.05) is 31.2 Å². The van der Waals surface area contributed by atoms with Crippen molar-refractivity contribution >= 4 is 28.5 Å². The Morgan fingerprint density at radius 1 is 1.20 bits per heavy atom. The predicted octanol–water partition coefficient (Wildman–Crippen LogP) is 5.21. The monoisotopic (exact) mass is 497 g/mol. The van der Waals surface area contributed by atoms with Gasteiger partial charge in [0.2, 0.25) is 0 Å². The zero-order chi connectivity index (χ0) is 24.4. The molecule has 0 radical (unpaired) electrons. The first kappa shape index (κ1) is 23.8. The Morgan fingerprint density at radius 2 is 2.03 bits per heavy atom. The number of nitrogens with zero attached hydrogens (tertiary/aromatic N) is 2. The molecule has 2 amide bonds. The highest BCUT2D eigenvalue weighted by molar-refractivity contribution is 6.35. The molecule has 1 aromatic heterocycles. The van der Waals surface area contributed by atoms with Crippen molar-refractivity contribution < 1.29 is 19.0 Å². The zero-order valence-corrected chi connectivity index (χ0v) is 21.1. The summed E-state index contributed by atoms with van der Waals surface area (Å²) in [4.78, 5) is 20.9. The van der Waals surface area contributed by atoms with E-state index in [9.17, 15) is 4.79 Å². The minimum atomic E-state index is -0.0664. The molecule has 0 saturated carbocycles. The largest absolute Gasteiger partial charge is 0.493 e. The van der Waals surface area contributed by atoms with Crippen LogP contribution in [-0.4, -0.2) is 67.4 Å². The number of rotatable bonds is 6. The van der Waals surface area contributed by atoms with Crippen LogP contribution in [-0.2, 0) is 17.6 Å². The van der Waals surface area contributed by atoms with Gasteiger partial charge in [-0.25, -0.2) is 4.79 Å². The van der Waals surface area contributed by atoms with Crippen molar-refractivity contribution in [3.05, 3.63) is 58.2 Å². The number of H-pyrrole nitrogens is 1. The molecule has 3 heterocycles. The lowest BCUT2D eigenvalue weighted by molar-refractivity contribution is 0.0376. The van der Waals surface area contributed by atoms with Crippen molar-refractivity contribution in [1.29, 1.82) is 0 Å². The summed E-state index contributed by atoms with van der Waals surface area (Å²) >= 11 is 6.39. The molecule has 2 aliphatic rings. The lowest BCUT2D eigenvalue weighted by atomic mass is 9.88. The molecule has 0 aliphatic carbocycles. The second kappa shape index (κ2) is 10.4. The average Bonchev–Trinajstić information content (AvgIpc) is 3.31. The number of aromatic amines is 1. The van der Waals surface area contributed by atoms with Gasteiger partial charge in [0.05, 0.1) is 43.5 Å². The third-order valence-corrected chi connectivity index (χ3v) is 7.36. The van der Waals surface area contributed by atoms with E-state index < -0.39 is 0 Å². The number of ether oxygens (including phenoxy) is 3. The number of halogens is 1. The molecule has 0 bridgehead atoms. The highest BCUT2D eigenvalue weighted by atomic mass is 35.5. The molecule has 8 heteroatoms. The quantitative estimate of drug-likeness (QED) is 0.507. The standard InChI is InChI=1S/C27H32ClN3O4/c1-3-35-25-16-21-18(15-24(25)33-2)9-10-31(27(32)30-11-13-34-14-12-30)23(21)8-7-19-17-29-26-20(19)5-4-6-22(26)28/h4-6,15-17,23,29H,3,7-14H2,1-2H3. The Bertz CT molecular complexity index is 1200. The molecular weight excluding hydrogens is 466 g/mol. The molecule has 2 aliphatic heterocycles. The normalized spacial score (nSPS) is 18.0. The van der Waals surface area contributed by atoms with Gasteiger partial charge < -0.3 is 29.0 Å². The van der Waals surface area contributed by atoms with Gasteiger partial charge in [-0.05, 0) is 61.1 Å². The first-order valence-electron chi connectivity index (χ1n) is 12.3. The number of methoxy groups -OCH3 is 1. The van der Waals surface area contributed by atoms with Crippen LogP contribution in [0.1, 0.15) is 36.1 Å². The Labute approximate surface area is 210 Å². The summed E-state index contributed by atoms with van der Waals surface area (Å²) in [6, 6.07) is 10.1. The summed E-state index contributed by atoms with van der Waals surface area (Å²) in [5.74, 6) is 1.46. The SMILES string of the molecule is CCOc1cc2c(cc1OC)CCN(C(=O)N1CCOCC1)C2CCc1c[nH]c2c(Cl)cccc12. The fourth-order valence-electron chi connectivity index (χ4n) is 5.29. The Kier molecular flexibility index (Phi) is 7.07. The van der Waals surface area contributed by atoms with E-state index in [2.05, 4.69) is 23.2 Å². The van der Waals surface area contributed by atoms with E-state index >= 15 is 0 Å². The average molecular weight is 498 g/mol. The van der Waals surface area contributed by atoms with Crippen LogP contribution in [0.3, 0.4) is 0 Å².